The molecule has 39 heavy (non-hydrogen) atoms. The molecule has 6 nitrogen and oxygen atoms in total. The van der Waals surface area contributed by atoms with E-state index in [0.717, 1.165) is 42.3 Å². The minimum absolute atomic E-state index is 0.00353. The third-order valence-electron chi connectivity index (χ3n) is 10.3. The molecular formula is C29H32F3NO5S. The van der Waals surface area contributed by atoms with Crippen LogP contribution in [-0.2, 0) is 25.2 Å². The lowest BCUT2D eigenvalue weighted by molar-refractivity contribution is -0.194. The van der Waals surface area contributed by atoms with Gasteiger partial charge in [0.2, 0.25) is 5.12 Å². The zero-order chi connectivity index (χ0) is 28.0. The van der Waals surface area contributed by atoms with Crippen LogP contribution in [0.5, 0.6) is 0 Å². The van der Waals surface area contributed by atoms with Crippen molar-refractivity contribution in [2.45, 2.75) is 69.8 Å². The van der Waals surface area contributed by atoms with Crippen molar-refractivity contribution in [1.29, 1.82) is 0 Å². The van der Waals surface area contributed by atoms with Gasteiger partial charge in [0.05, 0.1) is 17.8 Å². The number of ether oxygens (including phenoxy) is 2. The van der Waals surface area contributed by atoms with Crippen molar-refractivity contribution in [3.8, 4) is 0 Å². The summed E-state index contributed by atoms with van der Waals surface area (Å²) in [5, 5.41) is 11.5. The number of carbonyl (C=O) groups excluding carboxylic acids is 2. The minimum atomic E-state index is -4.47. The summed E-state index contributed by atoms with van der Waals surface area (Å²) in [7, 11) is 0. The van der Waals surface area contributed by atoms with E-state index in [9.17, 15) is 27.9 Å². The van der Waals surface area contributed by atoms with Crippen LogP contribution in [0.2, 0.25) is 0 Å². The van der Waals surface area contributed by atoms with Gasteiger partial charge in [0.15, 0.2) is 17.7 Å². The quantitative estimate of drug-likeness (QED) is 0.504. The van der Waals surface area contributed by atoms with E-state index in [-0.39, 0.29) is 34.5 Å². The summed E-state index contributed by atoms with van der Waals surface area (Å²) in [6.07, 6.45) is 0.650. The van der Waals surface area contributed by atoms with Gasteiger partial charge in [-0.15, -0.1) is 0 Å². The SMILES string of the molecule is C[C@]12C=CC(=O)C=C1CC[C@@H]1[C@@H]2[C@@H](O)C[C@@]2(C)[C@H]1C[C@H]1OC(c3ccc(C(F)(F)F)cc3)O[C@]12C(=O)SCN. The van der Waals surface area contributed by atoms with E-state index in [1.165, 1.54) is 12.1 Å². The Hall–Kier alpha value is -1.98. The van der Waals surface area contributed by atoms with Gasteiger partial charge in [-0.2, -0.15) is 13.2 Å². The van der Waals surface area contributed by atoms with Crippen molar-refractivity contribution < 1.29 is 37.3 Å². The van der Waals surface area contributed by atoms with Crippen LogP contribution in [-0.4, -0.2) is 39.7 Å². The summed E-state index contributed by atoms with van der Waals surface area (Å²) in [5.74, 6) is -0.0586. The number of fused-ring (bicyclic) bond motifs is 7. The van der Waals surface area contributed by atoms with E-state index in [0.29, 0.717) is 18.4 Å². The molecule has 0 spiro atoms. The highest BCUT2D eigenvalue weighted by atomic mass is 32.2. The maximum Gasteiger partial charge on any atom is 0.416 e. The smallest absolute Gasteiger partial charge is 0.393 e. The molecule has 210 valence electrons. The first-order valence-electron chi connectivity index (χ1n) is 13.3. The number of ketones is 1. The molecule has 1 heterocycles. The van der Waals surface area contributed by atoms with E-state index < -0.39 is 46.7 Å². The Labute approximate surface area is 229 Å². The molecule has 1 saturated heterocycles. The molecule has 0 bridgehead atoms. The number of halogens is 3. The Bertz CT molecular complexity index is 1260. The van der Waals surface area contributed by atoms with Crippen molar-refractivity contribution in [1.82, 2.24) is 0 Å². The highest BCUT2D eigenvalue weighted by Crippen LogP contribution is 2.71. The molecule has 3 saturated carbocycles. The number of thioether (sulfide) groups is 1. The van der Waals surface area contributed by atoms with E-state index in [1.807, 2.05) is 13.0 Å². The zero-order valence-electron chi connectivity index (χ0n) is 21.7. The largest absolute Gasteiger partial charge is 0.416 e. The summed E-state index contributed by atoms with van der Waals surface area (Å²) in [6.45, 7) is 4.07. The predicted molar refractivity (Wildman–Crippen MR) is 138 cm³/mol. The first kappa shape index (κ1) is 27.2. The van der Waals surface area contributed by atoms with Gasteiger partial charge in [-0.3, -0.25) is 9.59 Å². The van der Waals surface area contributed by atoms with Crippen LogP contribution in [0.1, 0.15) is 56.9 Å². The average molecular weight is 564 g/mol. The number of allylic oxidation sites excluding steroid dienone is 4. The monoisotopic (exact) mass is 563 g/mol. The Morgan fingerprint density at radius 2 is 1.95 bits per heavy atom. The normalized spacial score (nSPS) is 42.8. The van der Waals surface area contributed by atoms with Crippen LogP contribution in [0.3, 0.4) is 0 Å². The lowest BCUT2D eigenvalue weighted by atomic mass is 9.46. The molecule has 0 amide bonds. The van der Waals surface area contributed by atoms with Gasteiger partial charge >= 0.3 is 6.18 Å². The maximum absolute atomic E-state index is 13.9. The number of aliphatic hydroxyl groups is 1. The number of aliphatic hydroxyl groups excluding tert-OH is 1. The third kappa shape index (κ3) is 3.78. The molecule has 6 rings (SSSR count). The Balaban J connectivity index is 1.37. The number of hydrogen-bond acceptors (Lipinski definition) is 7. The minimum Gasteiger partial charge on any atom is -0.393 e. The fourth-order valence-electron chi connectivity index (χ4n) is 8.58. The van der Waals surface area contributed by atoms with E-state index in [2.05, 4.69) is 6.92 Å². The Morgan fingerprint density at radius 3 is 2.62 bits per heavy atom. The van der Waals surface area contributed by atoms with Crippen LogP contribution in [0.4, 0.5) is 13.2 Å². The molecule has 10 heteroatoms. The van der Waals surface area contributed by atoms with Crippen molar-refractivity contribution in [2.75, 3.05) is 5.88 Å². The number of carbonyl (C=O) groups is 2. The molecule has 9 atom stereocenters. The molecule has 1 aromatic rings. The average Bonchev–Trinajstić information content (AvgIpc) is 3.37. The molecule has 4 aliphatic carbocycles. The number of rotatable bonds is 3. The van der Waals surface area contributed by atoms with Crippen LogP contribution < -0.4 is 5.73 Å². The van der Waals surface area contributed by atoms with E-state index >= 15 is 0 Å². The number of alkyl halides is 3. The highest BCUT2D eigenvalue weighted by molar-refractivity contribution is 8.13. The predicted octanol–water partition coefficient (Wildman–Crippen LogP) is 4.92. The Kier molecular flexibility index (Phi) is 6.28. The molecule has 1 aromatic carbocycles. The van der Waals surface area contributed by atoms with Crippen LogP contribution in [0.15, 0.2) is 48.1 Å². The molecule has 4 fully saturated rings. The Morgan fingerprint density at radius 1 is 1.23 bits per heavy atom. The van der Waals surface area contributed by atoms with Gasteiger partial charge in [0.25, 0.3) is 0 Å². The van der Waals surface area contributed by atoms with Crippen LogP contribution in [0, 0.1) is 28.6 Å². The molecule has 0 aromatic heterocycles. The summed E-state index contributed by atoms with van der Waals surface area (Å²) >= 11 is 0.947. The van der Waals surface area contributed by atoms with Crippen LogP contribution >= 0.6 is 11.8 Å². The zero-order valence-corrected chi connectivity index (χ0v) is 22.6. The second-order valence-electron chi connectivity index (χ2n) is 12.0. The van der Waals surface area contributed by atoms with Gasteiger partial charge < -0.3 is 20.3 Å². The maximum atomic E-state index is 13.9. The lowest BCUT2D eigenvalue weighted by Crippen LogP contribution is -2.62. The first-order valence-corrected chi connectivity index (χ1v) is 14.3. The molecule has 0 radical (unpaired) electrons. The summed E-state index contributed by atoms with van der Waals surface area (Å²) < 4.78 is 52.3. The first-order chi connectivity index (χ1) is 18.3. The molecule has 5 aliphatic rings. The summed E-state index contributed by atoms with van der Waals surface area (Å²) in [4.78, 5) is 26.0. The van der Waals surface area contributed by atoms with Crippen molar-refractivity contribution >= 4 is 22.7 Å². The van der Waals surface area contributed by atoms with Crippen molar-refractivity contribution in [2.24, 2.45) is 34.3 Å². The van der Waals surface area contributed by atoms with E-state index in [1.54, 1.807) is 12.2 Å². The number of hydrogen-bond donors (Lipinski definition) is 2. The standard InChI is InChI=1S/C29H32F3NO5S/c1-26-10-9-18(34)11-17(26)7-8-19-20-12-22-28(25(36)39-14-33,27(20,2)13-21(35)23(19)26)38-24(37-22)15-3-5-16(6-4-15)29(30,31)32/h3-6,9-11,19-24,35H,7-8,12-14,33H2,1-2H3/t19-,20-,21-,22+,23+,24?,26-,27-,28-/m0/s1. The molecule has 1 unspecified atom stereocenters. The lowest BCUT2D eigenvalue weighted by Gasteiger charge is -2.59. The topological polar surface area (TPSA) is 98.9 Å². The fraction of sp³-hybridized carbons (Fsp3) is 0.586. The van der Waals surface area contributed by atoms with Gasteiger partial charge in [0.1, 0.15) is 0 Å². The van der Waals surface area contributed by atoms with Gasteiger partial charge in [-0.05, 0) is 61.8 Å². The van der Waals surface area contributed by atoms with Crippen LogP contribution in [0.25, 0.3) is 0 Å². The van der Waals surface area contributed by atoms with Crippen molar-refractivity contribution in [3.63, 3.8) is 0 Å². The van der Waals surface area contributed by atoms with Crippen molar-refractivity contribution in [3.05, 3.63) is 59.2 Å². The van der Waals surface area contributed by atoms with Gasteiger partial charge in [-0.1, -0.05) is 49.4 Å². The third-order valence-corrected chi connectivity index (χ3v) is 11.0. The van der Waals surface area contributed by atoms with Gasteiger partial charge in [0, 0.05) is 28.2 Å². The fourth-order valence-corrected chi connectivity index (χ4v) is 9.36. The summed E-state index contributed by atoms with van der Waals surface area (Å²) in [6, 6.07) is 4.60. The second-order valence-corrected chi connectivity index (χ2v) is 13.0. The molecule has 3 N–H and O–H groups in total. The second kappa shape index (κ2) is 9.01. The number of benzene rings is 1. The van der Waals surface area contributed by atoms with Gasteiger partial charge in [-0.25, -0.2) is 0 Å². The highest BCUT2D eigenvalue weighted by Gasteiger charge is 2.76. The summed E-state index contributed by atoms with van der Waals surface area (Å²) in [5.41, 5.74) is 3.78. The van der Waals surface area contributed by atoms with E-state index in [4.69, 9.17) is 15.2 Å². The molecule has 1 aliphatic heterocycles. The molecular weight excluding hydrogens is 531 g/mol. The number of nitrogens with two attached hydrogens (primary N) is 1.